The van der Waals surface area contributed by atoms with E-state index in [-0.39, 0.29) is 5.91 Å². The van der Waals surface area contributed by atoms with Gasteiger partial charge in [-0.25, -0.2) is 14.6 Å². The van der Waals surface area contributed by atoms with Crippen molar-refractivity contribution in [3.63, 3.8) is 0 Å². The van der Waals surface area contributed by atoms with Crippen molar-refractivity contribution in [1.82, 2.24) is 24.6 Å². The predicted octanol–water partition coefficient (Wildman–Crippen LogP) is 2.72. The highest BCUT2D eigenvalue weighted by Crippen LogP contribution is 2.27. The van der Waals surface area contributed by atoms with Crippen LogP contribution in [0.4, 0.5) is 0 Å². The van der Waals surface area contributed by atoms with Crippen LogP contribution in [0.25, 0.3) is 21.9 Å². The minimum atomic E-state index is 0.00320. The van der Waals surface area contributed by atoms with E-state index in [0.29, 0.717) is 24.5 Å². The molecule has 28 heavy (non-hydrogen) atoms. The first-order valence-corrected chi connectivity index (χ1v) is 9.17. The molecule has 7 heteroatoms. The summed E-state index contributed by atoms with van der Waals surface area (Å²) in [6, 6.07) is 11.6. The zero-order valence-electron chi connectivity index (χ0n) is 15.7. The zero-order chi connectivity index (χ0) is 19.3. The Bertz CT molecular complexity index is 1230. The third-order valence-corrected chi connectivity index (χ3v) is 5.25. The maximum Gasteiger partial charge on any atom is 0.254 e. The van der Waals surface area contributed by atoms with Gasteiger partial charge in [0.15, 0.2) is 5.65 Å². The van der Waals surface area contributed by atoms with Crippen LogP contribution >= 0.6 is 0 Å². The van der Waals surface area contributed by atoms with Crippen LogP contribution in [-0.2, 0) is 20.0 Å². The molecular weight excluding hydrogens is 354 g/mol. The van der Waals surface area contributed by atoms with E-state index in [2.05, 4.69) is 21.1 Å². The minimum absolute atomic E-state index is 0.00320. The number of carbonyl (C=O) groups is 1. The molecule has 3 aromatic heterocycles. The van der Waals surface area contributed by atoms with E-state index >= 15 is 0 Å². The number of hydrogen-bond donors (Lipinski definition) is 0. The van der Waals surface area contributed by atoms with Crippen LogP contribution in [0, 0.1) is 0 Å². The molecule has 1 amide bonds. The number of fused-ring (bicyclic) bond motifs is 3. The van der Waals surface area contributed by atoms with Crippen molar-refractivity contribution in [3.8, 4) is 5.88 Å². The number of aryl methyl sites for hydroxylation is 1. The summed E-state index contributed by atoms with van der Waals surface area (Å²) >= 11 is 0. The molecule has 0 N–H and O–H groups in total. The fraction of sp³-hybridized carbons (Fsp3) is 0.238. The first-order valence-electron chi connectivity index (χ1n) is 9.17. The molecular formula is C21H19N5O2. The van der Waals surface area contributed by atoms with E-state index < -0.39 is 0 Å². The summed E-state index contributed by atoms with van der Waals surface area (Å²) in [6.45, 7) is 1.19. The van der Waals surface area contributed by atoms with Crippen LogP contribution in [0.1, 0.15) is 21.6 Å². The van der Waals surface area contributed by atoms with Crippen LogP contribution in [0.3, 0.4) is 0 Å². The Morgan fingerprint density at radius 2 is 2.11 bits per heavy atom. The number of aromatic nitrogens is 4. The van der Waals surface area contributed by atoms with Crippen LogP contribution in [-0.4, -0.2) is 44.2 Å². The first-order chi connectivity index (χ1) is 13.6. The molecule has 0 atom stereocenters. The van der Waals surface area contributed by atoms with Crippen LogP contribution < -0.4 is 4.74 Å². The number of benzene rings is 1. The lowest BCUT2D eigenvalue weighted by atomic mass is 10.0. The Morgan fingerprint density at radius 1 is 1.21 bits per heavy atom. The average Bonchev–Trinajstić information content (AvgIpc) is 3.05. The molecule has 1 aliphatic heterocycles. The topological polar surface area (TPSA) is 73.1 Å². The van der Waals surface area contributed by atoms with Crippen molar-refractivity contribution in [1.29, 1.82) is 0 Å². The lowest BCUT2D eigenvalue weighted by Gasteiger charge is -2.28. The fourth-order valence-electron chi connectivity index (χ4n) is 3.87. The lowest BCUT2D eigenvalue weighted by molar-refractivity contribution is 0.0734. The summed E-state index contributed by atoms with van der Waals surface area (Å²) in [7, 11) is 3.45. The number of hydrogen-bond acceptors (Lipinski definition) is 5. The molecule has 5 rings (SSSR count). The lowest BCUT2D eigenvalue weighted by Crippen LogP contribution is -2.36. The third kappa shape index (κ3) is 2.58. The van der Waals surface area contributed by atoms with Crippen molar-refractivity contribution in [3.05, 3.63) is 59.4 Å². The van der Waals surface area contributed by atoms with E-state index in [1.54, 1.807) is 18.0 Å². The van der Waals surface area contributed by atoms with E-state index in [0.717, 1.165) is 39.6 Å². The Labute approximate surface area is 161 Å². The number of ether oxygens (including phenoxy) is 1. The highest BCUT2D eigenvalue weighted by molar-refractivity contribution is 5.99. The van der Waals surface area contributed by atoms with E-state index in [4.69, 9.17) is 4.74 Å². The number of carbonyl (C=O) groups excluding carboxylic acids is 1. The molecule has 4 heterocycles. The Balaban J connectivity index is 1.46. The van der Waals surface area contributed by atoms with Crippen molar-refractivity contribution >= 4 is 27.8 Å². The van der Waals surface area contributed by atoms with Crippen LogP contribution in [0.5, 0.6) is 5.88 Å². The van der Waals surface area contributed by atoms with Gasteiger partial charge in [-0.2, -0.15) is 5.10 Å². The van der Waals surface area contributed by atoms with Gasteiger partial charge in [0.2, 0.25) is 5.88 Å². The molecule has 0 saturated heterocycles. The summed E-state index contributed by atoms with van der Waals surface area (Å²) < 4.78 is 7.06. The number of nitrogens with zero attached hydrogens (tertiary/aromatic N) is 5. The van der Waals surface area contributed by atoms with Crippen molar-refractivity contribution in [2.24, 2.45) is 7.05 Å². The number of pyridine rings is 2. The summed E-state index contributed by atoms with van der Waals surface area (Å²) in [5.41, 5.74) is 4.25. The second kappa shape index (κ2) is 6.30. The Morgan fingerprint density at radius 3 is 2.96 bits per heavy atom. The van der Waals surface area contributed by atoms with Crippen LogP contribution in [0.2, 0.25) is 0 Å². The average molecular weight is 373 g/mol. The standard InChI is InChI=1S/C21H19N5O2/c1-25-21(28-2)16-6-5-14(11-18(16)24-25)20(27)26-9-7-17-15(12-26)10-13-4-3-8-22-19(13)23-17/h3-6,8,10-11H,7,9,12H2,1-2H3. The summed E-state index contributed by atoms with van der Waals surface area (Å²) in [4.78, 5) is 24.0. The van der Waals surface area contributed by atoms with Crippen molar-refractivity contribution < 1.29 is 9.53 Å². The van der Waals surface area contributed by atoms with Gasteiger partial charge in [0.25, 0.3) is 5.91 Å². The molecule has 0 unspecified atom stereocenters. The maximum atomic E-state index is 13.1. The zero-order valence-corrected chi connectivity index (χ0v) is 15.7. The quantitative estimate of drug-likeness (QED) is 0.540. The van der Waals surface area contributed by atoms with Crippen LogP contribution in [0.15, 0.2) is 42.6 Å². The molecule has 0 fully saturated rings. The van der Waals surface area contributed by atoms with E-state index in [1.165, 1.54) is 0 Å². The fourth-order valence-corrected chi connectivity index (χ4v) is 3.87. The molecule has 0 aliphatic carbocycles. The monoisotopic (exact) mass is 373 g/mol. The second-order valence-electron chi connectivity index (χ2n) is 6.99. The molecule has 0 radical (unpaired) electrons. The van der Waals surface area contributed by atoms with Gasteiger partial charge in [0, 0.05) is 49.4 Å². The second-order valence-corrected chi connectivity index (χ2v) is 6.99. The molecule has 7 nitrogen and oxygen atoms in total. The normalized spacial score (nSPS) is 13.7. The molecule has 0 saturated carbocycles. The summed E-state index contributed by atoms with van der Waals surface area (Å²) in [5, 5.41) is 6.34. The first kappa shape index (κ1) is 16.7. The van der Waals surface area contributed by atoms with Crippen molar-refractivity contribution in [2.75, 3.05) is 13.7 Å². The van der Waals surface area contributed by atoms with Crippen molar-refractivity contribution in [2.45, 2.75) is 13.0 Å². The van der Waals surface area contributed by atoms with Gasteiger partial charge >= 0.3 is 0 Å². The summed E-state index contributed by atoms with van der Waals surface area (Å²) in [6.07, 6.45) is 2.48. The van der Waals surface area contributed by atoms with Gasteiger partial charge in [0.1, 0.15) is 0 Å². The van der Waals surface area contributed by atoms with Gasteiger partial charge < -0.3 is 9.64 Å². The Kier molecular flexibility index (Phi) is 3.75. The maximum absolute atomic E-state index is 13.1. The predicted molar refractivity (Wildman–Crippen MR) is 105 cm³/mol. The number of amides is 1. The van der Waals surface area contributed by atoms with E-state index in [9.17, 15) is 4.79 Å². The van der Waals surface area contributed by atoms with Gasteiger partial charge in [-0.1, -0.05) is 0 Å². The van der Waals surface area contributed by atoms with Gasteiger partial charge in [-0.05, 0) is 42.0 Å². The van der Waals surface area contributed by atoms with E-state index in [1.807, 2.05) is 42.3 Å². The smallest absolute Gasteiger partial charge is 0.254 e. The molecule has 0 bridgehead atoms. The molecule has 1 aromatic carbocycles. The van der Waals surface area contributed by atoms with Gasteiger partial charge in [-0.15, -0.1) is 0 Å². The minimum Gasteiger partial charge on any atom is -0.481 e. The van der Waals surface area contributed by atoms with Gasteiger partial charge in [0.05, 0.1) is 18.0 Å². The molecule has 1 aliphatic rings. The number of methoxy groups -OCH3 is 1. The van der Waals surface area contributed by atoms with Gasteiger partial charge in [-0.3, -0.25) is 4.79 Å². The molecule has 0 spiro atoms. The largest absolute Gasteiger partial charge is 0.481 e. The highest BCUT2D eigenvalue weighted by atomic mass is 16.5. The number of rotatable bonds is 2. The summed E-state index contributed by atoms with van der Waals surface area (Å²) in [5.74, 6) is 0.691. The third-order valence-electron chi connectivity index (χ3n) is 5.25. The SMILES string of the molecule is COc1c2ccc(C(=O)N3CCc4nc5ncccc5cc4C3)cc2nn1C. The molecule has 140 valence electrons. The Hall–Kier alpha value is -3.48. The highest BCUT2D eigenvalue weighted by Gasteiger charge is 2.24. The molecule has 4 aromatic rings.